The van der Waals surface area contributed by atoms with Crippen molar-refractivity contribution in [1.29, 1.82) is 0 Å². The number of benzene rings is 1. The van der Waals surface area contributed by atoms with E-state index in [2.05, 4.69) is 6.92 Å². The van der Waals surface area contributed by atoms with Crippen LogP contribution in [0.5, 0.6) is 5.75 Å². The van der Waals surface area contributed by atoms with E-state index in [-0.39, 0.29) is 0 Å². The predicted molar refractivity (Wildman–Crippen MR) is 71.3 cm³/mol. The van der Waals surface area contributed by atoms with E-state index in [0.29, 0.717) is 0 Å². The fourth-order valence-electron chi connectivity index (χ4n) is 2.12. The number of methoxy groups -OCH3 is 1. The van der Waals surface area contributed by atoms with Gasteiger partial charge in [-0.05, 0) is 19.4 Å². The van der Waals surface area contributed by atoms with Crippen LogP contribution < -0.4 is 4.74 Å². The van der Waals surface area contributed by atoms with Gasteiger partial charge in [0.2, 0.25) is 0 Å². The minimum atomic E-state index is -0.791. The van der Waals surface area contributed by atoms with E-state index < -0.39 is 5.60 Å². The van der Waals surface area contributed by atoms with Crippen LogP contribution in [0.3, 0.4) is 0 Å². The van der Waals surface area contributed by atoms with Crippen molar-refractivity contribution in [3.05, 3.63) is 29.8 Å². The van der Waals surface area contributed by atoms with Gasteiger partial charge in [0.15, 0.2) is 0 Å². The molecule has 2 heteroatoms. The third-order valence-corrected chi connectivity index (χ3v) is 3.20. The summed E-state index contributed by atoms with van der Waals surface area (Å²) in [6.45, 7) is 4.06. The molecule has 1 N–H and O–H groups in total. The highest BCUT2D eigenvalue weighted by atomic mass is 16.5. The van der Waals surface area contributed by atoms with Gasteiger partial charge in [0.25, 0.3) is 0 Å². The summed E-state index contributed by atoms with van der Waals surface area (Å²) in [5, 5.41) is 10.5. The highest BCUT2D eigenvalue weighted by Crippen LogP contribution is 2.33. The minimum Gasteiger partial charge on any atom is -0.496 e. The van der Waals surface area contributed by atoms with Gasteiger partial charge in [-0.25, -0.2) is 0 Å². The van der Waals surface area contributed by atoms with Gasteiger partial charge >= 0.3 is 0 Å². The maximum absolute atomic E-state index is 10.5. The van der Waals surface area contributed by atoms with Crippen LogP contribution in [0.4, 0.5) is 0 Å². The number of rotatable bonds is 7. The quantitative estimate of drug-likeness (QED) is 0.728. The van der Waals surface area contributed by atoms with Crippen LogP contribution in [0.15, 0.2) is 24.3 Å². The van der Waals surface area contributed by atoms with E-state index >= 15 is 0 Å². The number of ether oxygens (including phenoxy) is 1. The molecule has 0 radical (unpaired) electrons. The molecular formula is C15H24O2. The fourth-order valence-corrected chi connectivity index (χ4v) is 2.12. The second-order valence-corrected chi connectivity index (χ2v) is 4.78. The van der Waals surface area contributed by atoms with Crippen LogP contribution in [0, 0.1) is 0 Å². The Morgan fingerprint density at radius 3 is 2.53 bits per heavy atom. The first-order chi connectivity index (χ1) is 8.11. The number of aliphatic hydroxyl groups is 1. The summed E-state index contributed by atoms with van der Waals surface area (Å²) >= 11 is 0. The summed E-state index contributed by atoms with van der Waals surface area (Å²) in [5.74, 6) is 0.771. The molecule has 96 valence electrons. The first kappa shape index (κ1) is 14.0. The lowest BCUT2D eigenvalue weighted by atomic mass is 9.89. The van der Waals surface area contributed by atoms with Gasteiger partial charge in [-0.3, -0.25) is 0 Å². The molecule has 0 aliphatic heterocycles. The van der Waals surface area contributed by atoms with Gasteiger partial charge in [-0.1, -0.05) is 50.8 Å². The summed E-state index contributed by atoms with van der Waals surface area (Å²) in [6, 6.07) is 7.71. The molecule has 0 heterocycles. The summed E-state index contributed by atoms with van der Waals surface area (Å²) in [7, 11) is 1.64. The zero-order valence-electron chi connectivity index (χ0n) is 11.2. The van der Waals surface area contributed by atoms with E-state index in [1.807, 2.05) is 31.2 Å². The molecule has 0 bridgehead atoms. The van der Waals surface area contributed by atoms with E-state index in [9.17, 15) is 5.11 Å². The highest BCUT2D eigenvalue weighted by Gasteiger charge is 2.25. The lowest BCUT2D eigenvalue weighted by molar-refractivity contribution is 0.0424. The SMILES string of the molecule is CCCCCCC(C)(O)c1ccccc1OC. The average molecular weight is 236 g/mol. The molecule has 0 saturated heterocycles. The maximum atomic E-state index is 10.5. The molecule has 0 aliphatic carbocycles. The van der Waals surface area contributed by atoms with Crippen LogP contribution >= 0.6 is 0 Å². The molecule has 1 rings (SSSR count). The predicted octanol–water partition coefficient (Wildman–Crippen LogP) is 3.87. The average Bonchev–Trinajstić information content (AvgIpc) is 2.34. The second-order valence-electron chi connectivity index (χ2n) is 4.78. The topological polar surface area (TPSA) is 29.5 Å². The number of hydrogen-bond acceptors (Lipinski definition) is 2. The Bertz CT molecular complexity index is 331. The number of para-hydroxylation sites is 1. The second kappa shape index (κ2) is 6.65. The van der Waals surface area contributed by atoms with E-state index in [0.717, 1.165) is 24.2 Å². The van der Waals surface area contributed by atoms with Crippen molar-refractivity contribution in [3.8, 4) is 5.75 Å². The molecule has 0 fully saturated rings. The lowest BCUT2D eigenvalue weighted by Crippen LogP contribution is -2.21. The van der Waals surface area contributed by atoms with Crippen LogP contribution in [-0.2, 0) is 5.60 Å². The third-order valence-electron chi connectivity index (χ3n) is 3.20. The van der Waals surface area contributed by atoms with Gasteiger partial charge < -0.3 is 9.84 Å². The molecule has 1 atom stereocenters. The van der Waals surface area contributed by atoms with Crippen molar-refractivity contribution in [1.82, 2.24) is 0 Å². The third kappa shape index (κ3) is 4.04. The van der Waals surface area contributed by atoms with E-state index in [1.54, 1.807) is 7.11 Å². The summed E-state index contributed by atoms with van der Waals surface area (Å²) < 4.78 is 5.30. The van der Waals surface area contributed by atoms with Gasteiger partial charge in [-0.15, -0.1) is 0 Å². The molecule has 0 spiro atoms. The van der Waals surface area contributed by atoms with Gasteiger partial charge in [-0.2, -0.15) is 0 Å². The molecule has 1 aromatic rings. The van der Waals surface area contributed by atoms with Gasteiger partial charge in [0.05, 0.1) is 12.7 Å². The first-order valence-corrected chi connectivity index (χ1v) is 6.47. The van der Waals surface area contributed by atoms with Crippen LogP contribution in [0.2, 0.25) is 0 Å². The smallest absolute Gasteiger partial charge is 0.124 e. The van der Waals surface area contributed by atoms with Crippen LogP contribution in [0.1, 0.15) is 51.5 Å². The highest BCUT2D eigenvalue weighted by molar-refractivity contribution is 5.37. The molecule has 0 saturated carbocycles. The standard InChI is InChI=1S/C15H24O2/c1-4-5-6-9-12-15(2,16)13-10-7-8-11-14(13)17-3/h7-8,10-11,16H,4-6,9,12H2,1-3H3. The van der Waals surface area contributed by atoms with Crippen molar-refractivity contribution >= 4 is 0 Å². The van der Waals surface area contributed by atoms with Crippen molar-refractivity contribution in [2.24, 2.45) is 0 Å². The number of hydrogen-bond donors (Lipinski definition) is 1. The summed E-state index contributed by atoms with van der Waals surface area (Å²) in [5.41, 5.74) is 0.0966. The Kier molecular flexibility index (Phi) is 5.49. The Hall–Kier alpha value is -1.02. The Labute approximate surface area is 105 Å². The van der Waals surface area contributed by atoms with Crippen molar-refractivity contribution in [2.45, 2.75) is 51.6 Å². The van der Waals surface area contributed by atoms with Crippen LogP contribution in [-0.4, -0.2) is 12.2 Å². The molecular weight excluding hydrogens is 212 g/mol. The zero-order valence-corrected chi connectivity index (χ0v) is 11.2. The molecule has 0 aromatic heterocycles. The van der Waals surface area contributed by atoms with E-state index in [1.165, 1.54) is 19.3 Å². The van der Waals surface area contributed by atoms with Crippen molar-refractivity contribution < 1.29 is 9.84 Å². The molecule has 1 unspecified atom stereocenters. The molecule has 1 aromatic carbocycles. The van der Waals surface area contributed by atoms with Crippen molar-refractivity contribution in [2.75, 3.05) is 7.11 Å². The van der Waals surface area contributed by atoms with Gasteiger partial charge in [0, 0.05) is 5.56 Å². The van der Waals surface area contributed by atoms with Crippen molar-refractivity contribution in [3.63, 3.8) is 0 Å². The lowest BCUT2D eigenvalue weighted by Gasteiger charge is -2.25. The summed E-state index contributed by atoms with van der Waals surface area (Å²) in [4.78, 5) is 0. The van der Waals surface area contributed by atoms with E-state index in [4.69, 9.17) is 4.74 Å². The Morgan fingerprint density at radius 1 is 1.18 bits per heavy atom. The maximum Gasteiger partial charge on any atom is 0.124 e. The number of unbranched alkanes of at least 4 members (excludes halogenated alkanes) is 3. The van der Waals surface area contributed by atoms with Gasteiger partial charge in [0.1, 0.15) is 5.75 Å². The molecule has 2 nitrogen and oxygen atoms in total. The normalized spacial score (nSPS) is 14.4. The fraction of sp³-hybridized carbons (Fsp3) is 0.600. The molecule has 0 aliphatic rings. The Morgan fingerprint density at radius 2 is 1.88 bits per heavy atom. The monoisotopic (exact) mass is 236 g/mol. The Balaban J connectivity index is 2.67. The minimum absolute atomic E-state index is 0.771. The molecule has 0 amide bonds. The zero-order chi connectivity index (χ0) is 12.7. The van der Waals surface area contributed by atoms with Crippen LogP contribution in [0.25, 0.3) is 0 Å². The first-order valence-electron chi connectivity index (χ1n) is 6.47. The summed E-state index contributed by atoms with van der Waals surface area (Å²) in [6.07, 6.45) is 5.48. The largest absolute Gasteiger partial charge is 0.496 e. The molecule has 17 heavy (non-hydrogen) atoms.